The van der Waals surface area contributed by atoms with Crippen molar-refractivity contribution >= 4 is 0 Å². The molecule has 0 bridgehead atoms. The molecule has 0 heterocycles. The van der Waals surface area contributed by atoms with Crippen LogP contribution in [0.15, 0.2) is 0 Å². The molecule has 0 aliphatic rings. The van der Waals surface area contributed by atoms with Crippen molar-refractivity contribution in [1.82, 2.24) is 5.32 Å². The normalized spacial score (nSPS) is 13.5. The minimum atomic E-state index is -4.15. The van der Waals surface area contributed by atoms with E-state index >= 15 is 0 Å². The van der Waals surface area contributed by atoms with E-state index in [1.807, 2.05) is 0 Å². The van der Waals surface area contributed by atoms with E-state index in [-0.39, 0.29) is 0 Å². The highest BCUT2D eigenvalue weighted by atomic mass is 19.4. The van der Waals surface area contributed by atoms with Crippen LogP contribution >= 0.6 is 0 Å². The Bertz CT molecular complexity index is 131. The zero-order chi connectivity index (χ0) is 9.83. The van der Waals surface area contributed by atoms with Crippen molar-refractivity contribution in [3.63, 3.8) is 0 Å². The molecule has 3 N–H and O–H groups in total. The Morgan fingerprint density at radius 1 is 1.25 bits per heavy atom. The van der Waals surface area contributed by atoms with Gasteiger partial charge in [-0.1, -0.05) is 0 Å². The molecule has 0 saturated carbocycles. The van der Waals surface area contributed by atoms with Gasteiger partial charge in [0.05, 0.1) is 6.54 Å². The number of rotatable bonds is 4. The average Bonchev–Trinajstić information content (AvgIpc) is 1.83. The van der Waals surface area contributed by atoms with Crippen LogP contribution in [0.2, 0.25) is 0 Å². The van der Waals surface area contributed by atoms with Crippen LogP contribution in [-0.4, -0.2) is 24.8 Å². The van der Waals surface area contributed by atoms with E-state index in [4.69, 9.17) is 5.73 Å². The fourth-order valence-corrected chi connectivity index (χ4v) is 0.789. The maximum absolute atomic E-state index is 11.7. The van der Waals surface area contributed by atoms with Gasteiger partial charge in [-0.3, -0.25) is 0 Å². The summed E-state index contributed by atoms with van der Waals surface area (Å²) in [7, 11) is 0. The van der Waals surface area contributed by atoms with Gasteiger partial charge in [0.2, 0.25) is 0 Å². The largest absolute Gasteiger partial charge is 0.401 e. The van der Waals surface area contributed by atoms with Crippen LogP contribution in [0.25, 0.3) is 0 Å². The van der Waals surface area contributed by atoms with Crippen molar-refractivity contribution in [2.75, 3.05) is 13.1 Å². The van der Waals surface area contributed by atoms with Crippen LogP contribution in [0, 0.1) is 0 Å². The zero-order valence-corrected chi connectivity index (χ0v) is 7.33. The number of hydrogen-bond acceptors (Lipinski definition) is 2. The van der Waals surface area contributed by atoms with E-state index in [0.29, 0.717) is 13.0 Å². The second-order valence-corrected chi connectivity index (χ2v) is 3.39. The molecule has 0 unspecified atom stereocenters. The quantitative estimate of drug-likeness (QED) is 0.690. The molecule has 0 fully saturated rings. The lowest BCUT2D eigenvalue weighted by molar-refractivity contribution is -0.128. The fraction of sp³-hybridized carbons (Fsp3) is 1.00. The molecule has 0 amide bonds. The van der Waals surface area contributed by atoms with Crippen LogP contribution in [0.4, 0.5) is 13.2 Å². The lowest BCUT2D eigenvalue weighted by Crippen LogP contribution is -2.45. The molecule has 0 aromatic rings. The third kappa shape index (κ3) is 6.42. The maximum atomic E-state index is 11.7. The summed E-state index contributed by atoms with van der Waals surface area (Å²) in [6.45, 7) is 2.83. The highest BCUT2D eigenvalue weighted by molar-refractivity contribution is 4.78. The van der Waals surface area contributed by atoms with Gasteiger partial charge in [-0.15, -0.1) is 0 Å². The molecule has 0 aliphatic carbocycles. The first kappa shape index (κ1) is 11.7. The highest BCUT2D eigenvalue weighted by Crippen LogP contribution is 2.15. The molecule has 0 atom stereocenters. The van der Waals surface area contributed by atoms with Crippen LogP contribution in [0.3, 0.4) is 0 Å². The first-order chi connectivity index (χ1) is 5.27. The van der Waals surface area contributed by atoms with Crippen molar-refractivity contribution in [2.24, 2.45) is 5.73 Å². The minimum absolute atomic E-state index is 0.387. The van der Waals surface area contributed by atoms with E-state index < -0.39 is 18.3 Å². The van der Waals surface area contributed by atoms with E-state index in [0.717, 1.165) is 0 Å². The smallest absolute Gasteiger partial charge is 0.330 e. The molecule has 0 rings (SSSR count). The number of hydrogen-bond donors (Lipinski definition) is 2. The summed E-state index contributed by atoms with van der Waals surface area (Å²) in [5.41, 5.74) is 4.70. The zero-order valence-electron chi connectivity index (χ0n) is 7.33. The molecule has 0 radical (unpaired) electrons. The van der Waals surface area contributed by atoms with Gasteiger partial charge in [0, 0.05) is 5.54 Å². The molecule has 0 aliphatic heterocycles. The Kier molecular flexibility index (Phi) is 3.99. The Labute approximate surface area is 70.3 Å². The summed E-state index contributed by atoms with van der Waals surface area (Å²) in [6, 6.07) is 0. The summed E-state index contributed by atoms with van der Waals surface area (Å²) in [6.07, 6.45) is -3.62. The standard InChI is InChI=1S/C7H15F3N2/c1-6(2,3-4-11)12-5-7(8,9)10/h12H,3-5,11H2,1-2H3. The van der Waals surface area contributed by atoms with Crippen LogP contribution in [0.1, 0.15) is 20.3 Å². The highest BCUT2D eigenvalue weighted by Gasteiger charge is 2.29. The number of halogens is 3. The molecule has 12 heavy (non-hydrogen) atoms. The van der Waals surface area contributed by atoms with E-state index in [1.54, 1.807) is 13.8 Å². The molecule has 0 spiro atoms. The Morgan fingerprint density at radius 2 is 1.75 bits per heavy atom. The predicted molar refractivity (Wildman–Crippen MR) is 41.8 cm³/mol. The Balaban J connectivity index is 3.75. The van der Waals surface area contributed by atoms with Crippen molar-refractivity contribution in [2.45, 2.75) is 32.0 Å². The molecular weight excluding hydrogens is 169 g/mol. The Morgan fingerprint density at radius 3 is 2.08 bits per heavy atom. The van der Waals surface area contributed by atoms with Gasteiger partial charge >= 0.3 is 6.18 Å². The summed E-state index contributed by atoms with van der Waals surface area (Å²) in [5.74, 6) is 0. The molecular formula is C7H15F3N2. The first-order valence-corrected chi connectivity index (χ1v) is 3.79. The summed E-state index contributed by atoms with van der Waals surface area (Å²) in [4.78, 5) is 0. The second-order valence-electron chi connectivity index (χ2n) is 3.39. The van der Waals surface area contributed by atoms with Gasteiger partial charge in [-0.25, -0.2) is 0 Å². The lowest BCUT2D eigenvalue weighted by atomic mass is 10.0. The van der Waals surface area contributed by atoms with Gasteiger partial charge in [0.1, 0.15) is 0 Å². The molecule has 2 nitrogen and oxygen atoms in total. The van der Waals surface area contributed by atoms with Gasteiger partial charge in [0.25, 0.3) is 0 Å². The molecule has 0 saturated heterocycles. The van der Waals surface area contributed by atoms with Gasteiger partial charge in [0.15, 0.2) is 0 Å². The van der Waals surface area contributed by atoms with Gasteiger partial charge in [-0.05, 0) is 26.8 Å². The molecule has 0 aromatic carbocycles. The number of nitrogens with one attached hydrogen (secondary N) is 1. The van der Waals surface area contributed by atoms with Crippen molar-refractivity contribution < 1.29 is 13.2 Å². The third-order valence-electron chi connectivity index (χ3n) is 1.54. The van der Waals surface area contributed by atoms with Crippen molar-refractivity contribution in [1.29, 1.82) is 0 Å². The SMILES string of the molecule is CC(C)(CCN)NCC(F)(F)F. The molecule has 0 aromatic heterocycles. The second kappa shape index (κ2) is 4.09. The monoisotopic (exact) mass is 184 g/mol. The van der Waals surface area contributed by atoms with E-state index in [9.17, 15) is 13.2 Å². The summed E-state index contributed by atoms with van der Waals surface area (Å²) >= 11 is 0. The predicted octanol–water partition coefficient (Wildman–Crippen LogP) is 1.27. The number of nitrogens with two attached hydrogens (primary N) is 1. The van der Waals surface area contributed by atoms with Crippen molar-refractivity contribution in [3.8, 4) is 0 Å². The van der Waals surface area contributed by atoms with Crippen LogP contribution < -0.4 is 11.1 Å². The van der Waals surface area contributed by atoms with Gasteiger partial charge < -0.3 is 11.1 Å². The Hall–Kier alpha value is -0.290. The topological polar surface area (TPSA) is 38.0 Å². The maximum Gasteiger partial charge on any atom is 0.401 e. The van der Waals surface area contributed by atoms with E-state index in [2.05, 4.69) is 5.32 Å². The number of alkyl halides is 3. The first-order valence-electron chi connectivity index (χ1n) is 3.79. The van der Waals surface area contributed by atoms with E-state index in [1.165, 1.54) is 0 Å². The fourth-order valence-electron chi connectivity index (χ4n) is 0.789. The molecule has 74 valence electrons. The van der Waals surface area contributed by atoms with Crippen LogP contribution in [-0.2, 0) is 0 Å². The van der Waals surface area contributed by atoms with Crippen molar-refractivity contribution in [3.05, 3.63) is 0 Å². The van der Waals surface area contributed by atoms with Crippen LogP contribution in [0.5, 0.6) is 0 Å². The average molecular weight is 184 g/mol. The summed E-state index contributed by atoms with van der Waals surface area (Å²) in [5, 5.41) is 2.39. The minimum Gasteiger partial charge on any atom is -0.330 e. The van der Waals surface area contributed by atoms with Gasteiger partial charge in [-0.2, -0.15) is 13.2 Å². The third-order valence-corrected chi connectivity index (χ3v) is 1.54. The molecule has 5 heteroatoms. The lowest BCUT2D eigenvalue weighted by Gasteiger charge is -2.26. The summed E-state index contributed by atoms with van der Waals surface area (Å²) < 4.78 is 35.2.